The number of carboxylic acid groups (broad SMARTS) is 1. The Labute approximate surface area is 109 Å². The Kier molecular flexibility index (Phi) is 6.47. The van der Waals surface area contributed by atoms with Gasteiger partial charge in [0.15, 0.2) is 0 Å². The highest BCUT2D eigenvalue weighted by atomic mass is 16.4. The largest absolute Gasteiger partial charge is 0.480 e. The summed E-state index contributed by atoms with van der Waals surface area (Å²) < 4.78 is 0. The molecule has 0 bridgehead atoms. The van der Waals surface area contributed by atoms with E-state index in [-0.39, 0.29) is 18.4 Å². The number of nitrogens with zero attached hydrogens (tertiary/aromatic N) is 1. The van der Waals surface area contributed by atoms with E-state index in [4.69, 9.17) is 5.11 Å². The zero-order chi connectivity index (χ0) is 13.4. The first-order valence-corrected chi connectivity index (χ1v) is 6.76. The maximum Gasteiger partial charge on any atom is 0.323 e. The third kappa shape index (κ3) is 4.90. The van der Waals surface area contributed by atoms with E-state index in [0.717, 1.165) is 25.7 Å². The van der Waals surface area contributed by atoms with Crippen LogP contribution in [0.3, 0.4) is 0 Å². The average Bonchev–Trinajstić information content (AvgIpc) is 2.26. The summed E-state index contributed by atoms with van der Waals surface area (Å²) in [5.74, 6) is -0.972. The summed E-state index contributed by atoms with van der Waals surface area (Å²) in [6, 6.07) is 0. The molecule has 4 nitrogen and oxygen atoms in total. The third-order valence-corrected chi connectivity index (χ3v) is 3.44. The van der Waals surface area contributed by atoms with Crippen LogP contribution in [-0.4, -0.2) is 35.0 Å². The van der Waals surface area contributed by atoms with Gasteiger partial charge < -0.3 is 10.0 Å². The van der Waals surface area contributed by atoms with E-state index in [2.05, 4.69) is 6.58 Å². The number of carbonyl (C=O) groups excluding carboxylic acids is 1. The molecule has 1 N–H and O–H groups in total. The van der Waals surface area contributed by atoms with Gasteiger partial charge in [0.05, 0.1) is 0 Å². The summed E-state index contributed by atoms with van der Waals surface area (Å²) in [5, 5.41) is 8.83. The predicted molar refractivity (Wildman–Crippen MR) is 70.2 cm³/mol. The first kappa shape index (κ1) is 14.7. The van der Waals surface area contributed by atoms with E-state index >= 15 is 0 Å². The highest BCUT2D eigenvalue weighted by Crippen LogP contribution is 2.24. The fourth-order valence-electron chi connectivity index (χ4n) is 2.51. The first-order valence-electron chi connectivity index (χ1n) is 6.76. The van der Waals surface area contributed by atoms with Crippen molar-refractivity contribution in [3.8, 4) is 0 Å². The zero-order valence-corrected chi connectivity index (χ0v) is 10.9. The van der Waals surface area contributed by atoms with Gasteiger partial charge in [-0.3, -0.25) is 9.59 Å². The van der Waals surface area contributed by atoms with Crippen molar-refractivity contribution in [3.05, 3.63) is 12.7 Å². The molecule has 0 atom stereocenters. The molecule has 0 unspecified atom stereocenters. The predicted octanol–water partition coefficient (Wildman–Crippen LogP) is 2.45. The zero-order valence-electron chi connectivity index (χ0n) is 10.9. The highest BCUT2D eigenvalue weighted by Gasteiger charge is 2.25. The van der Waals surface area contributed by atoms with E-state index in [9.17, 15) is 9.59 Å². The minimum atomic E-state index is -0.962. The Bertz CT molecular complexity index is 293. The molecule has 1 aliphatic rings. The topological polar surface area (TPSA) is 57.6 Å². The molecule has 4 heteroatoms. The number of hydrogen-bond donors (Lipinski definition) is 1. The Balaban J connectivity index is 2.60. The lowest BCUT2D eigenvalue weighted by atomic mass is 9.90. The number of carboxylic acids is 1. The molecular formula is C14H23NO3. The average molecular weight is 253 g/mol. The standard InChI is InChI=1S/C14H23NO3/c1-2-10-15(11-13(16)17)14(18)12-8-6-4-3-5-7-9-12/h2,12H,1,3-11H2,(H,16,17). The fourth-order valence-corrected chi connectivity index (χ4v) is 2.51. The number of hydrogen-bond acceptors (Lipinski definition) is 2. The molecule has 0 saturated heterocycles. The van der Waals surface area contributed by atoms with E-state index < -0.39 is 5.97 Å². The molecule has 1 fully saturated rings. The smallest absolute Gasteiger partial charge is 0.323 e. The summed E-state index contributed by atoms with van der Waals surface area (Å²) in [4.78, 5) is 24.5. The van der Waals surface area contributed by atoms with Gasteiger partial charge in [-0.2, -0.15) is 0 Å². The molecule has 1 rings (SSSR count). The molecule has 0 aromatic rings. The summed E-state index contributed by atoms with van der Waals surface area (Å²) in [7, 11) is 0. The van der Waals surface area contributed by atoms with Gasteiger partial charge in [-0.15, -0.1) is 6.58 Å². The van der Waals surface area contributed by atoms with Gasteiger partial charge in [-0.25, -0.2) is 0 Å². The van der Waals surface area contributed by atoms with E-state index in [0.29, 0.717) is 6.54 Å². The summed E-state index contributed by atoms with van der Waals surface area (Å²) in [6.07, 6.45) is 9.15. The van der Waals surface area contributed by atoms with Crippen LogP contribution in [0, 0.1) is 5.92 Å². The van der Waals surface area contributed by atoms with Gasteiger partial charge in [-0.05, 0) is 12.8 Å². The molecule has 0 aromatic carbocycles. The van der Waals surface area contributed by atoms with E-state index in [1.54, 1.807) is 6.08 Å². The Morgan fingerprint density at radius 3 is 2.22 bits per heavy atom. The van der Waals surface area contributed by atoms with Gasteiger partial charge >= 0.3 is 5.97 Å². The fraction of sp³-hybridized carbons (Fsp3) is 0.714. The molecule has 0 heterocycles. The highest BCUT2D eigenvalue weighted by molar-refractivity contribution is 5.83. The van der Waals surface area contributed by atoms with E-state index in [1.165, 1.54) is 24.2 Å². The maximum atomic E-state index is 12.3. The van der Waals surface area contributed by atoms with Crippen molar-refractivity contribution in [2.24, 2.45) is 5.92 Å². The minimum absolute atomic E-state index is 0.00426. The second kappa shape index (κ2) is 7.90. The molecule has 0 spiro atoms. The number of amides is 1. The van der Waals surface area contributed by atoms with Crippen molar-refractivity contribution in [1.82, 2.24) is 4.90 Å². The number of rotatable bonds is 5. The Hall–Kier alpha value is -1.32. The van der Waals surface area contributed by atoms with Crippen LogP contribution in [0.15, 0.2) is 12.7 Å². The van der Waals surface area contributed by atoms with Crippen molar-refractivity contribution in [2.75, 3.05) is 13.1 Å². The lowest BCUT2D eigenvalue weighted by Crippen LogP contribution is -2.40. The SMILES string of the molecule is C=CCN(CC(=O)O)C(=O)C1CCCCCCC1. The molecule has 1 aliphatic carbocycles. The van der Waals surface area contributed by atoms with Crippen molar-refractivity contribution < 1.29 is 14.7 Å². The second-order valence-corrected chi connectivity index (χ2v) is 4.94. The summed E-state index contributed by atoms with van der Waals surface area (Å²) in [6.45, 7) is 3.68. The number of aliphatic carboxylic acids is 1. The summed E-state index contributed by atoms with van der Waals surface area (Å²) in [5.41, 5.74) is 0. The van der Waals surface area contributed by atoms with Gasteiger partial charge in [0.2, 0.25) is 5.91 Å². The van der Waals surface area contributed by atoms with Gasteiger partial charge in [0, 0.05) is 12.5 Å². The van der Waals surface area contributed by atoms with Crippen LogP contribution in [0.25, 0.3) is 0 Å². The molecule has 0 radical (unpaired) electrons. The molecule has 0 aliphatic heterocycles. The van der Waals surface area contributed by atoms with Crippen LogP contribution in [-0.2, 0) is 9.59 Å². The van der Waals surface area contributed by atoms with Crippen molar-refractivity contribution in [2.45, 2.75) is 44.9 Å². The molecular weight excluding hydrogens is 230 g/mol. The lowest BCUT2D eigenvalue weighted by Gasteiger charge is -2.26. The normalized spacial score (nSPS) is 17.6. The van der Waals surface area contributed by atoms with E-state index in [1.807, 2.05) is 0 Å². The maximum absolute atomic E-state index is 12.3. The monoisotopic (exact) mass is 253 g/mol. The number of carbonyl (C=O) groups is 2. The Morgan fingerprint density at radius 2 is 1.72 bits per heavy atom. The van der Waals surface area contributed by atoms with Crippen LogP contribution in [0.1, 0.15) is 44.9 Å². The third-order valence-electron chi connectivity index (χ3n) is 3.44. The lowest BCUT2D eigenvalue weighted by molar-refractivity contribution is -0.146. The molecule has 102 valence electrons. The van der Waals surface area contributed by atoms with Crippen LogP contribution >= 0.6 is 0 Å². The van der Waals surface area contributed by atoms with Crippen LogP contribution in [0.4, 0.5) is 0 Å². The van der Waals surface area contributed by atoms with Crippen LogP contribution in [0.5, 0.6) is 0 Å². The van der Waals surface area contributed by atoms with Crippen molar-refractivity contribution in [1.29, 1.82) is 0 Å². The van der Waals surface area contributed by atoms with Crippen molar-refractivity contribution >= 4 is 11.9 Å². The summed E-state index contributed by atoms with van der Waals surface area (Å²) >= 11 is 0. The second-order valence-electron chi connectivity index (χ2n) is 4.94. The molecule has 1 amide bonds. The van der Waals surface area contributed by atoms with Gasteiger partial charge in [-0.1, -0.05) is 38.2 Å². The minimum Gasteiger partial charge on any atom is -0.480 e. The van der Waals surface area contributed by atoms with Gasteiger partial charge in [0.25, 0.3) is 0 Å². The molecule has 18 heavy (non-hydrogen) atoms. The molecule has 0 aromatic heterocycles. The Morgan fingerprint density at radius 1 is 1.17 bits per heavy atom. The van der Waals surface area contributed by atoms with Gasteiger partial charge in [0.1, 0.15) is 6.54 Å². The van der Waals surface area contributed by atoms with Crippen molar-refractivity contribution in [3.63, 3.8) is 0 Å². The quantitative estimate of drug-likeness (QED) is 0.766. The van der Waals surface area contributed by atoms with Crippen LogP contribution in [0.2, 0.25) is 0 Å². The first-order chi connectivity index (χ1) is 8.65. The van der Waals surface area contributed by atoms with Crippen LogP contribution < -0.4 is 0 Å². The molecule has 1 saturated carbocycles.